The Morgan fingerprint density at radius 2 is 1.96 bits per heavy atom. The molecule has 2 aromatic rings. The summed E-state index contributed by atoms with van der Waals surface area (Å²) in [4.78, 5) is 14.6. The van der Waals surface area contributed by atoms with Crippen LogP contribution < -0.4 is 15.5 Å². The Labute approximate surface area is 162 Å². The number of nitrogens with one attached hydrogen (secondary N) is 2. The van der Waals surface area contributed by atoms with Crippen LogP contribution in [0.15, 0.2) is 28.6 Å². The maximum Gasteiger partial charge on any atom is 0.234 e. The number of piperidine rings is 1. The third-order valence-corrected chi connectivity index (χ3v) is 6.15. The highest BCUT2D eigenvalue weighted by Crippen LogP contribution is 2.26. The van der Waals surface area contributed by atoms with Gasteiger partial charge < -0.3 is 15.5 Å². The molecule has 140 valence electrons. The van der Waals surface area contributed by atoms with Crippen LogP contribution in [0.25, 0.3) is 0 Å². The number of thioether (sulfide) groups is 1. The summed E-state index contributed by atoms with van der Waals surface area (Å²) < 4.78 is 0.805. The van der Waals surface area contributed by atoms with Crippen molar-refractivity contribution in [1.29, 1.82) is 0 Å². The van der Waals surface area contributed by atoms with Crippen molar-refractivity contribution in [2.24, 2.45) is 0 Å². The molecule has 2 heterocycles. The van der Waals surface area contributed by atoms with Crippen LogP contribution in [-0.4, -0.2) is 41.5 Å². The molecule has 1 aliphatic rings. The number of anilines is 3. The van der Waals surface area contributed by atoms with E-state index in [-0.39, 0.29) is 5.91 Å². The van der Waals surface area contributed by atoms with Gasteiger partial charge in [-0.2, -0.15) is 0 Å². The van der Waals surface area contributed by atoms with Gasteiger partial charge in [0, 0.05) is 31.0 Å². The van der Waals surface area contributed by atoms with Crippen molar-refractivity contribution in [2.75, 3.05) is 40.9 Å². The molecule has 1 fully saturated rings. The van der Waals surface area contributed by atoms with E-state index < -0.39 is 0 Å². The van der Waals surface area contributed by atoms with E-state index >= 15 is 0 Å². The average molecular weight is 392 g/mol. The van der Waals surface area contributed by atoms with Crippen LogP contribution in [0, 0.1) is 0 Å². The molecule has 1 aliphatic heterocycles. The molecule has 3 rings (SSSR count). The number of carbonyl (C=O) groups excluding carboxylic acids is 1. The number of aromatic nitrogens is 2. The van der Waals surface area contributed by atoms with Gasteiger partial charge in [0.15, 0.2) is 4.34 Å². The van der Waals surface area contributed by atoms with E-state index in [9.17, 15) is 4.79 Å². The molecule has 0 aliphatic carbocycles. The summed E-state index contributed by atoms with van der Waals surface area (Å²) >= 11 is 2.90. The van der Waals surface area contributed by atoms with E-state index in [1.807, 2.05) is 12.1 Å². The van der Waals surface area contributed by atoms with Crippen LogP contribution in [0.3, 0.4) is 0 Å². The zero-order valence-electron chi connectivity index (χ0n) is 15.0. The monoisotopic (exact) mass is 391 g/mol. The fraction of sp³-hybridized carbons (Fsp3) is 0.500. The van der Waals surface area contributed by atoms with Gasteiger partial charge in [-0.05, 0) is 49.9 Å². The van der Waals surface area contributed by atoms with Crippen LogP contribution in [0.1, 0.15) is 32.6 Å². The van der Waals surface area contributed by atoms with E-state index in [1.54, 1.807) is 0 Å². The molecule has 6 nitrogen and oxygen atoms in total. The van der Waals surface area contributed by atoms with E-state index in [0.717, 1.165) is 41.2 Å². The van der Waals surface area contributed by atoms with E-state index in [2.05, 4.69) is 44.8 Å². The largest absolute Gasteiger partial charge is 0.372 e. The Morgan fingerprint density at radius 1 is 1.19 bits per heavy atom. The lowest BCUT2D eigenvalue weighted by molar-refractivity contribution is -0.113. The van der Waals surface area contributed by atoms with Crippen LogP contribution in [-0.2, 0) is 4.79 Å². The zero-order valence-corrected chi connectivity index (χ0v) is 16.7. The van der Waals surface area contributed by atoms with Gasteiger partial charge in [-0.15, -0.1) is 10.2 Å². The fourth-order valence-corrected chi connectivity index (χ4v) is 4.38. The summed E-state index contributed by atoms with van der Waals surface area (Å²) in [6.07, 6.45) is 4.89. The van der Waals surface area contributed by atoms with Crippen molar-refractivity contribution in [3.05, 3.63) is 24.3 Å². The van der Waals surface area contributed by atoms with Crippen LogP contribution >= 0.6 is 23.1 Å². The molecule has 0 unspecified atom stereocenters. The van der Waals surface area contributed by atoms with Gasteiger partial charge in [0.05, 0.1) is 5.75 Å². The summed E-state index contributed by atoms with van der Waals surface area (Å²) in [6.45, 7) is 5.24. The van der Waals surface area contributed by atoms with Gasteiger partial charge in [-0.25, -0.2) is 0 Å². The van der Waals surface area contributed by atoms with Crippen molar-refractivity contribution >= 4 is 45.5 Å². The van der Waals surface area contributed by atoms with Gasteiger partial charge in [-0.1, -0.05) is 30.0 Å². The first kappa shape index (κ1) is 19.0. The maximum atomic E-state index is 12.1. The number of amides is 1. The molecule has 0 atom stereocenters. The van der Waals surface area contributed by atoms with Crippen molar-refractivity contribution in [1.82, 2.24) is 10.2 Å². The Balaban J connectivity index is 1.44. The molecule has 0 saturated carbocycles. The summed E-state index contributed by atoms with van der Waals surface area (Å²) in [6, 6.07) is 8.13. The van der Waals surface area contributed by atoms with Crippen LogP contribution in [0.2, 0.25) is 0 Å². The lowest BCUT2D eigenvalue weighted by atomic mass is 10.1. The lowest BCUT2D eigenvalue weighted by Gasteiger charge is -2.28. The first-order chi connectivity index (χ1) is 12.7. The predicted molar refractivity (Wildman–Crippen MR) is 111 cm³/mol. The highest BCUT2D eigenvalue weighted by molar-refractivity contribution is 8.01. The van der Waals surface area contributed by atoms with E-state index in [4.69, 9.17) is 0 Å². The molecule has 1 amide bonds. The second-order valence-corrected chi connectivity index (χ2v) is 8.43. The Morgan fingerprint density at radius 3 is 2.69 bits per heavy atom. The number of carbonyl (C=O) groups is 1. The molecule has 26 heavy (non-hydrogen) atoms. The van der Waals surface area contributed by atoms with Gasteiger partial charge in [0.1, 0.15) is 0 Å². The topological polar surface area (TPSA) is 70.1 Å². The minimum absolute atomic E-state index is 0.0287. The first-order valence-electron chi connectivity index (χ1n) is 9.09. The third-order valence-electron chi connectivity index (χ3n) is 4.13. The Hall–Kier alpha value is -1.80. The minimum Gasteiger partial charge on any atom is -0.372 e. The Bertz CT molecular complexity index is 698. The van der Waals surface area contributed by atoms with E-state index in [1.165, 1.54) is 48.0 Å². The summed E-state index contributed by atoms with van der Waals surface area (Å²) in [5, 5.41) is 15.1. The second kappa shape index (κ2) is 9.78. The third kappa shape index (κ3) is 5.60. The number of hydrogen-bond acceptors (Lipinski definition) is 7. The highest BCUT2D eigenvalue weighted by Gasteiger charge is 2.11. The molecule has 1 saturated heterocycles. The molecule has 1 aromatic carbocycles. The number of hydrogen-bond donors (Lipinski definition) is 2. The molecule has 8 heteroatoms. The van der Waals surface area contributed by atoms with Crippen molar-refractivity contribution < 1.29 is 4.79 Å². The number of nitrogens with zero attached hydrogens (tertiary/aromatic N) is 3. The average Bonchev–Trinajstić information content (AvgIpc) is 3.14. The Kier molecular flexibility index (Phi) is 7.13. The van der Waals surface area contributed by atoms with Gasteiger partial charge in [0.25, 0.3) is 0 Å². The molecular formula is C18H25N5OS2. The zero-order chi connectivity index (χ0) is 18.2. The standard InChI is InChI=1S/C18H25N5OS2/c1-2-10-19-17-21-22-18(26-17)25-13-16(24)20-14-6-8-15(9-7-14)23-11-4-3-5-12-23/h6-9H,2-5,10-13H2,1H3,(H,19,21)(H,20,24). The molecule has 0 bridgehead atoms. The van der Waals surface area contributed by atoms with Gasteiger partial charge in [-0.3, -0.25) is 4.79 Å². The summed E-state index contributed by atoms with van der Waals surface area (Å²) in [5.74, 6) is 0.301. The van der Waals surface area contributed by atoms with E-state index in [0.29, 0.717) is 5.75 Å². The quantitative estimate of drug-likeness (QED) is 0.661. The molecule has 0 radical (unpaired) electrons. The molecule has 1 aromatic heterocycles. The normalized spacial score (nSPS) is 14.3. The lowest BCUT2D eigenvalue weighted by Crippen LogP contribution is -2.29. The first-order valence-corrected chi connectivity index (χ1v) is 10.9. The molecule has 2 N–H and O–H groups in total. The van der Waals surface area contributed by atoms with Gasteiger partial charge >= 0.3 is 0 Å². The van der Waals surface area contributed by atoms with Crippen molar-refractivity contribution in [3.8, 4) is 0 Å². The fourth-order valence-electron chi connectivity index (χ4n) is 2.80. The summed E-state index contributed by atoms with van der Waals surface area (Å²) in [7, 11) is 0. The number of benzene rings is 1. The number of rotatable bonds is 8. The smallest absolute Gasteiger partial charge is 0.234 e. The second-order valence-electron chi connectivity index (χ2n) is 6.23. The summed E-state index contributed by atoms with van der Waals surface area (Å²) in [5.41, 5.74) is 2.07. The van der Waals surface area contributed by atoms with Crippen LogP contribution in [0.4, 0.5) is 16.5 Å². The predicted octanol–water partition coefficient (Wildman–Crippen LogP) is 4.08. The maximum absolute atomic E-state index is 12.1. The van der Waals surface area contributed by atoms with Gasteiger partial charge in [0.2, 0.25) is 11.0 Å². The molecular weight excluding hydrogens is 366 g/mol. The van der Waals surface area contributed by atoms with Crippen molar-refractivity contribution in [2.45, 2.75) is 36.9 Å². The van der Waals surface area contributed by atoms with Crippen LogP contribution in [0.5, 0.6) is 0 Å². The highest BCUT2D eigenvalue weighted by atomic mass is 32.2. The van der Waals surface area contributed by atoms with Crippen molar-refractivity contribution in [3.63, 3.8) is 0 Å². The minimum atomic E-state index is -0.0287. The SMILES string of the molecule is CCCNc1nnc(SCC(=O)Nc2ccc(N3CCCCC3)cc2)s1. The molecule has 0 spiro atoms.